The van der Waals surface area contributed by atoms with Gasteiger partial charge in [0.15, 0.2) is 0 Å². The highest BCUT2D eigenvalue weighted by atomic mass is 16.5. The Morgan fingerprint density at radius 3 is 3.08 bits per heavy atom. The largest absolute Gasteiger partial charge is 0.394 e. The number of piperazine rings is 1. The topological polar surface area (TPSA) is 61.8 Å². The lowest BCUT2D eigenvalue weighted by molar-refractivity contribution is -0.124. The van der Waals surface area contributed by atoms with Gasteiger partial charge in [-0.25, -0.2) is 0 Å². The van der Waals surface area contributed by atoms with Gasteiger partial charge >= 0.3 is 0 Å². The van der Waals surface area contributed by atoms with Crippen molar-refractivity contribution in [2.45, 2.75) is 0 Å². The van der Waals surface area contributed by atoms with E-state index >= 15 is 0 Å². The minimum absolute atomic E-state index is 0.0560. The van der Waals surface area contributed by atoms with Crippen molar-refractivity contribution in [2.75, 3.05) is 46.0 Å². The number of hydrogen-bond acceptors (Lipinski definition) is 4. The number of nitrogens with zero attached hydrogens (tertiary/aromatic N) is 1. The van der Waals surface area contributed by atoms with E-state index in [0.717, 1.165) is 19.6 Å². The van der Waals surface area contributed by atoms with Gasteiger partial charge in [0.1, 0.15) is 0 Å². The molecule has 0 aromatic rings. The molecular weight excluding hydrogens is 172 g/mol. The van der Waals surface area contributed by atoms with Crippen molar-refractivity contribution in [3.8, 4) is 0 Å². The van der Waals surface area contributed by atoms with E-state index in [1.165, 1.54) is 0 Å². The summed E-state index contributed by atoms with van der Waals surface area (Å²) in [5, 5.41) is 11.2. The van der Waals surface area contributed by atoms with Crippen LogP contribution < -0.4 is 5.32 Å². The third-order valence-corrected chi connectivity index (χ3v) is 1.90. The molecule has 76 valence electrons. The fourth-order valence-electron chi connectivity index (χ4n) is 1.24. The van der Waals surface area contributed by atoms with Gasteiger partial charge in [0.05, 0.1) is 26.4 Å². The molecule has 0 atom stereocenters. The summed E-state index contributed by atoms with van der Waals surface area (Å²) >= 11 is 0. The van der Waals surface area contributed by atoms with Crippen LogP contribution in [0.2, 0.25) is 0 Å². The van der Waals surface area contributed by atoms with Crippen LogP contribution in [-0.4, -0.2) is 61.9 Å². The number of nitrogens with one attached hydrogen (secondary N) is 1. The average molecular weight is 188 g/mol. The summed E-state index contributed by atoms with van der Waals surface area (Å²) in [6.45, 7) is 3.83. The highest BCUT2D eigenvalue weighted by Crippen LogP contribution is 1.92. The number of aliphatic hydroxyl groups excluding tert-OH is 1. The Bertz CT molecular complexity index is 163. The third-order valence-electron chi connectivity index (χ3n) is 1.90. The Kier molecular flexibility index (Phi) is 4.74. The predicted octanol–water partition coefficient (Wildman–Crippen LogP) is -1.57. The minimum atomic E-state index is 0.0560. The summed E-state index contributed by atoms with van der Waals surface area (Å²) in [5.74, 6) is 0.0772. The van der Waals surface area contributed by atoms with Gasteiger partial charge in [-0.1, -0.05) is 0 Å². The van der Waals surface area contributed by atoms with E-state index in [1.54, 1.807) is 0 Å². The molecule has 1 aliphatic heterocycles. The molecule has 0 bridgehead atoms. The van der Waals surface area contributed by atoms with Crippen molar-refractivity contribution in [1.29, 1.82) is 0 Å². The number of ether oxygens (including phenoxy) is 1. The molecular formula is C8H16N2O3. The lowest BCUT2D eigenvalue weighted by Crippen LogP contribution is -2.48. The molecule has 1 amide bonds. The molecule has 1 heterocycles. The Labute approximate surface area is 77.7 Å². The van der Waals surface area contributed by atoms with Crippen LogP contribution in [0.25, 0.3) is 0 Å². The van der Waals surface area contributed by atoms with Gasteiger partial charge in [-0.2, -0.15) is 0 Å². The first-order valence-electron chi connectivity index (χ1n) is 4.50. The maximum Gasteiger partial charge on any atom is 0.234 e. The summed E-state index contributed by atoms with van der Waals surface area (Å²) in [7, 11) is 0. The molecule has 1 fully saturated rings. The van der Waals surface area contributed by atoms with Crippen molar-refractivity contribution in [3.63, 3.8) is 0 Å². The lowest BCUT2D eigenvalue weighted by atomic mass is 10.3. The number of rotatable bonds is 5. The van der Waals surface area contributed by atoms with Gasteiger partial charge < -0.3 is 15.2 Å². The first-order valence-corrected chi connectivity index (χ1v) is 4.50. The monoisotopic (exact) mass is 188 g/mol. The van der Waals surface area contributed by atoms with Crippen LogP contribution in [0.1, 0.15) is 0 Å². The zero-order chi connectivity index (χ0) is 9.52. The number of hydrogen-bond donors (Lipinski definition) is 2. The highest BCUT2D eigenvalue weighted by Gasteiger charge is 2.14. The summed E-state index contributed by atoms with van der Waals surface area (Å²) in [6, 6.07) is 0. The molecule has 1 rings (SSSR count). The summed E-state index contributed by atoms with van der Waals surface area (Å²) in [4.78, 5) is 13.0. The summed E-state index contributed by atoms with van der Waals surface area (Å²) in [5.41, 5.74) is 0. The third kappa shape index (κ3) is 4.21. The van der Waals surface area contributed by atoms with Crippen LogP contribution >= 0.6 is 0 Å². The zero-order valence-electron chi connectivity index (χ0n) is 7.66. The zero-order valence-corrected chi connectivity index (χ0v) is 7.66. The van der Waals surface area contributed by atoms with Gasteiger partial charge in [0.25, 0.3) is 0 Å². The van der Waals surface area contributed by atoms with Crippen molar-refractivity contribution in [2.24, 2.45) is 0 Å². The van der Waals surface area contributed by atoms with Crippen LogP contribution in [0.3, 0.4) is 0 Å². The molecule has 0 spiro atoms. The second kappa shape index (κ2) is 5.90. The quantitative estimate of drug-likeness (QED) is 0.512. The molecule has 0 aromatic heterocycles. The van der Waals surface area contributed by atoms with Crippen molar-refractivity contribution in [3.05, 3.63) is 0 Å². The second-order valence-corrected chi connectivity index (χ2v) is 2.96. The molecule has 1 saturated heterocycles. The molecule has 13 heavy (non-hydrogen) atoms. The van der Waals surface area contributed by atoms with Crippen molar-refractivity contribution >= 4 is 5.91 Å². The fourth-order valence-corrected chi connectivity index (χ4v) is 1.24. The van der Waals surface area contributed by atoms with Crippen LogP contribution in [0.4, 0.5) is 0 Å². The van der Waals surface area contributed by atoms with Crippen molar-refractivity contribution < 1.29 is 14.6 Å². The molecule has 0 saturated carbocycles. The maximum absolute atomic E-state index is 10.9. The minimum Gasteiger partial charge on any atom is -0.394 e. The second-order valence-electron chi connectivity index (χ2n) is 2.96. The fraction of sp³-hybridized carbons (Fsp3) is 0.875. The normalized spacial score (nSPS) is 18.7. The maximum atomic E-state index is 10.9. The summed E-state index contributed by atoms with van der Waals surface area (Å²) in [6.07, 6.45) is 0. The van der Waals surface area contributed by atoms with E-state index in [2.05, 4.69) is 5.32 Å². The smallest absolute Gasteiger partial charge is 0.234 e. The first kappa shape index (κ1) is 10.4. The molecule has 5 heteroatoms. The van der Waals surface area contributed by atoms with Crippen LogP contribution in [0.15, 0.2) is 0 Å². The van der Waals surface area contributed by atoms with Gasteiger partial charge in [0, 0.05) is 19.6 Å². The van der Waals surface area contributed by atoms with Gasteiger partial charge in [-0.05, 0) is 0 Å². The van der Waals surface area contributed by atoms with Crippen LogP contribution in [0, 0.1) is 0 Å². The molecule has 0 radical (unpaired) electrons. The van der Waals surface area contributed by atoms with Gasteiger partial charge in [-0.15, -0.1) is 0 Å². The number of aliphatic hydroxyl groups is 1. The number of carbonyl (C=O) groups excluding carboxylic acids is 1. The average Bonchev–Trinajstić information content (AvgIpc) is 2.13. The summed E-state index contributed by atoms with van der Waals surface area (Å²) < 4.78 is 5.10. The molecule has 0 aromatic carbocycles. The molecule has 0 unspecified atom stereocenters. The Morgan fingerprint density at radius 2 is 2.38 bits per heavy atom. The highest BCUT2D eigenvalue weighted by molar-refractivity contribution is 5.78. The molecule has 5 nitrogen and oxygen atoms in total. The number of carbonyl (C=O) groups is 1. The Morgan fingerprint density at radius 1 is 1.54 bits per heavy atom. The Balaban J connectivity index is 2.03. The van der Waals surface area contributed by atoms with Gasteiger partial charge in [-0.3, -0.25) is 9.69 Å². The standard InChI is InChI=1S/C8H16N2O3/c11-4-6-13-5-3-10-2-1-9-8(12)7-10/h11H,1-7H2,(H,9,12). The molecule has 0 aliphatic carbocycles. The lowest BCUT2D eigenvalue weighted by Gasteiger charge is -2.25. The SMILES string of the molecule is O=C1CN(CCOCCO)CCN1. The predicted molar refractivity (Wildman–Crippen MR) is 47.4 cm³/mol. The van der Waals surface area contributed by atoms with E-state index in [9.17, 15) is 4.79 Å². The van der Waals surface area contributed by atoms with E-state index in [1.807, 2.05) is 4.90 Å². The first-order chi connectivity index (χ1) is 6.33. The van der Waals surface area contributed by atoms with Crippen LogP contribution in [0.5, 0.6) is 0 Å². The van der Waals surface area contributed by atoms with E-state index in [-0.39, 0.29) is 12.5 Å². The molecule has 2 N–H and O–H groups in total. The Hall–Kier alpha value is -0.650. The van der Waals surface area contributed by atoms with E-state index in [0.29, 0.717) is 19.8 Å². The van der Waals surface area contributed by atoms with Crippen LogP contribution in [-0.2, 0) is 9.53 Å². The van der Waals surface area contributed by atoms with E-state index < -0.39 is 0 Å². The van der Waals surface area contributed by atoms with E-state index in [4.69, 9.17) is 9.84 Å². The number of amides is 1. The molecule has 1 aliphatic rings. The van der Waals surface area contributed by atoms with Crippen molar-refractivity contribution in [1.82, 2.24) is 10.2 Å². The van der Waals surface area contributed by atoms with Gasteiger partial charge in [0.2, 0.25) is 5.91 Å².